The summed E-state index contributed by atoms with van der Waals surface area (Å²) in [6.07, 6.45) is -2.92. The molecule has 0 fully saturated rings. The van der Waals surface area contributed by atoms with Gasteiger partial charge in [-0.15, -0.1) is 0 Å². The lowest BCUT2D eigenvalue weighted by Gasteiger charge is -2.04. The highest BCUT2D eigenvalue weighted by Crippen LogP contribution is 2.11. The SMILES string of the molecule is CCOC(=O)C(=O)c1cccc(CC(F)F)c1. The zero-order valence-corrected chi connectivity index (χ0v) is 9.28. The Kier molecular flexibility index (Phi) is 4.75. The molecule has 0 bridgehead atoms. The molecule has 3 nitrogen and oxygen atoms in total. The first kappa shape index (κ1) is 13.3. The van der Waals surface area contributed by atoms with Gasteiger partial charge in [-0.25, -0.2) is 13.6 Å². The minimum atomic E-state index is -2.48. The van der Waals surface area contributed by atoms with Gasteiger partial charge < -0.3 is 4.74 Å². The lowest BCUT2D eigenvalue weighted by atomic mass is 10.1. The number of carbonyl (C=O) groups is 2. The normalized spacial score (nSPS) is 10.4. The summed E-state index contributed by atoms with van der Waals surface area (Å²) in [5, 5.41) is 0. The zero-order chi connectivity index (χ0) is 12.8. The van der Waals surface area contributed by atoms with Crippen LogP contribution < -0.4 is 0 Å². The number of rotatable bonds is 5. The second-order valence-corrected chi connectivity index (χ2v) is 3.35. The number of Topliss-reactive ketones (excluding diaryl/α,β-unsaturated/α-hetero) is 1. The molecule has 0 radical (unpaired) electrons. The summed E-state index contributed by atoms with van der Waals surface area (Å²) in [4.78, 5) is 22.7. The van der Waals surface area contributed by atoms with Crippen molar-refractivity contribution < 1.29 is 23.1 Å². The van der Waals surface area contributed by atoms with Crippen molar-refractivity contribution in [1.82, 2.24) is 0 Å². The number of hydrogen-bond donors (Lipinski definition) is 0. The van der Waals surface area contributed by atoms with Crippen molar-refractivity contribution in [2.45, 2.75) is 19.8 Å². The molecular formula is C12H12F2O3. The molecule has 0 aliphatic carbocycles. The highest BCUT2D eigenvalue weighted by molar-refractivity contribution is 6.40. The molecule has 0 heterocycles. The van der Waals surface area contributed by atoms with E-state index in [4.69, 9.17) is 0 Å². The number of alkyl halides is 2. The number of carbonyl (C=O) groups excluding carboxylic acids is 2. The van der Waals surface area contributed by atoms with Gasteiger partial charge in [0, 0.05) is 12.0 Å². The van der Waals surface area contributed by atoms with Crippen molar-refractivity contribution in [2.75, 3.05) is 6.61 Å². The quantitative estimate of drug-likeness (QED) is 0.452. The number of hydrogen-bond acceptors (Lipinski definition) is 3. The Morgan fingerprint density at radius 1 is 1.35 bits per heavy atom. The molecule has 0 amide bonds. The Morgan fingerprint density at radius 3 is 2.65 bits per heavy atom. The average molecular weight is 242 g/mol. The van der Waals surface area contributed by atoms with E-state index in [2.05, 4.69) is 4.74 Å². The third-order valence-corrected chi connectivity index (χ3v) is 2.04. The van der Waals surface area contributed by atoms with Gasteiger partial charge >= 0.3 is 5.97 Å². The molecule has 1 aromatic carbocycles. The largest absolute Gasteiger partial charge is 0.460 e. The van der Waals surface area contributed by atoms with Crippen LogP contribution in [0.15, 0.2) is 24.3 Å². The van der Waals surface area contributed by atoms with E-state index in [0.29, 0.717) is 5.56 Å². The maximum absolute atomic E-state index is 12.2. The molecule has 0 spiro atoms. The molecule has 17 heavy (non-hydrogen) atoms. The predicted molar refractivity (Wildman–Crippen MR) is 57.1 cm³/mol. The molecule has 0 atom stereocenters. The van der Waals surface area contributed by atoms with Crippen LogP contribution in [0.4, 0.5) is 8.78 Å². The lowest BCUT2D eigenvalue weighted by Crippen LogP contribution is -2.17. The fraction of sp³-hybridized carbons (Fsp3) is 0.333. The van der Waals surface area contributed by atoms with Crippen LogP contribution in [-0.4, -0.2) is 24.8 Å². The van der Waals surface area contributed by atoms with Gasteiger partial charge in [0.15, 0.2) is 0 Å². The number of ether oxygens (including phenoxy) is 1. The van der Waals surface area contributed by atoms with Gasteiger partial charge in [-0.1, -0.05) is 18.2 Å². The van der Waals surface area contributed by atoms with Crippen LogP contribution in [0, 0.1) is 0 Å². The molecule has 0 unspecified atom stereocenters. The Balaban J connectivity index is 2.84. The maximum atomic E-state index is 12.2. The van der Waals surface area contributed by atoms with E-state index in [-0.39, 0.29) is 12.2 Å². The van der Waals surface area contributed by atoms with E-state index in [0.717, 1.165) is 0 Å². The molecule has 0 saturated heterocycles. The lowest BCUT2D eigenvalue weighted by molar-refractivity contribution is -0.137. The van der Waals surface area contributed by atoms with Crippen molar-refractivity contribution in [3.63, 3.8) is 0 Å². The molecule has 0 saturated carbocycles. The van der Waals surface area contributed by atoms with Crippen molar-refractivity contribution in [1.29, 1.82) is 0 Å². The third-order valence-electron chi connectivity index (χ3n) is 2.04. The first-order chi connectivity index (χ1) is 8.04. The molecule has 0 aliphatic heterocycles. The molecular weight excluding hydrogens is 230 g/mol. The second-order valence-electron chi connectivity index (χ2n) is 3.35. The minimum absolute atomic E-state index is 0.0709. The van der Waals surface area contributed by atoms with Crippen LogP contribution in [0.2, 0.25) is 0 Å². The maximum Gasteiger partial charge on any atom is 0.379 e. The average Bonchev–Trinajstić information content (AvgIpc) is 2.28. The number of esters is 1. The second kappa shape index (κ2) is 6.08. The van der Waals surface area contributed by atoms with Crippen molar-refractivity contribution in [2.24, 2.45) is 0 Å². The number of benzene rings is 1. The summed E-state index contributed by atoms with van der Waals surface area (Å²) < 4.78 is 28.9. The van der Waals surface area contributed by atoms with Crippen LogP contribution in [0.25, 0.3) is 0 Å². The summed E-state index contributed by atoms with van der Waals surface area (Å²) in [5.74, 6) is -1.79. The highest BCUT2D eigenvalue weighted by atomic mass is 19.3. The predicted octanol–water partition coefficient (Wildman–Crippen LogP) is 2.24. The first-order valence-electron chi connectivity index (χ1n) is 5.13. The van der Waals surface area contributed by atoms with E-state index in [1.165, 1.54) is 24.3 Å². The molecule has 5 heteroatoms. The van der Waals surface area contributed by atoms with Gasteiger partial charge in [-0.2, -0.15) is 0 Å². The summed E-state index contributed by atoms with van der Waals surface area (Å²) in [7, 11) is 0. The van der Waals surface area contributed by atoms with Crippen molar-refractivity contribution in [3.8, 4) is 0 Å². The van der Waals surface area contributed by atoms with Crippen LogP contribution in [0.1, 0.15) is 22.8 Å². The van der Waals surface area contributed by atoms with Crippen LogP contribution in [0.5, 0.6) is 0 Å². The smallest absolute Gasteiger partial charge is 0.379 e. The molecule has 0 aliphatic rings. The highest BCUT2D eigenvalue weighted by Gasteiger charge is 2.17. The van der Waals surface area contributed by atoms with Crippen LogP contribution >= 0.6 is 0 Å². The Hall–Kier alpha value is -1.78. The van der Waals surface area contributed by atoms with Crippen molar-refractivity contribution >= 4 is 11.8 Å². The van der Waals surface area contributed by atoms with Gasteiger partial charge in [-0.05, 0) is 18.6 Å². The molecule has 1 rings (SSSR count). The van der Waals surface area contributed by atoms with Crippen LogP contribution in [0.3, 0.4) is 0 Å². The summed E-state index contributed by atoms with van der Waals surface area (Å²) in [5.41, 5.74) is 0.386. The molecule has 0 aromatic heterocycles. The van der Waals surface area contributed by atoms with E-state index in [1.807, 2.05) is 0 Å². The van der Waals surface area contributed by atoms with Gasteiger partial charge in [0.25, 0.3) is 5.78 Å². The van der Waals surface area contributed by atoms with E-state index in [1.54, 1.807) is 6.92 Å². The van der Waals surface area contributed by atoms with Gasteiger partial charge in [-0.3, -0.25) is 4.79 Å². The minimum Gasteiger partial charge on any atom is -0.460 e. The van der Waals surface area contributed by atoms with E-state index < -0.39 is 24.6 Å². The Bertz CT molecular complexity index is 416. The van der Waals surface area contributed by atoms with E-state index in [9.17, 15) is 18.4 Å². The summed E-state index contributed by atoms with van der Waals surface area (Å²) >= 11 is 0. The fourth-order valence-corrected chi connectivity index (χ4v) is 1.33. The summed E-state index contributed by atoms with van der Waals surface area (Å²) in [6.45, 7) is 1.68. The topological polar surface area (TPSA) is 43.4 Å². The van der Waals surface area contributed by atoms with Gasteiger partial charge in [0.1, 0.15) is 0 Å². The third kappa shape index (κ3) is 3.94. The zero-order valence-electron chi connectivity index (χ0n) is 9.28. The Labute approximate surface area is 97.4 Å². The molecule has 0 N–H and O–H groups in total. The van der Waals surface area contributed by atoms with E-state index >= 15 is 0 Å². The first-order valence-corrected chi connectivity index (χ1v) is 5.13. The monoisotopic (exact) mass is 242 g/mol. The van der Waals surface area contributed by atoms with Crippen molar-refractivity contribution in [3.05, 3.63) is 35.4 Å². The molecule has 1 aromatic rings. The molecule has 92 valence electrons. The number of halogens is 2. The van der Waals surface area contributed by atoms with Gasteiger partial charge in [0.2, 0.25) is 6.43 Å². The fourth-order valence-electron chi connectivity index (χ4n) is 1.33. The summed E-state index contributed by atoms with van der Waals surface area (Å²) in [6, 6.07) is 5.62. The Morgan fingerprint density at radius 2 is 2.06 bits per heavy atom. The van der Waals surface area contributed by atoms with Gasteiger partial charge in [0.05, 0.1) is 6.61 Å². The standard InChI is InChI=1S/C12H12F2O3/c1-2-17-12(16)11(15)9-5-3-4-8(6-9)7-10(13)14/h3-6,10H,2,7H2,1H3. The van der Waals surface area contributed by atoms with Crippen LogP contribution in [-0.2, 0) is 16.0 Å². The number of ketones is 1.